The molecular formula is C10H13N5O2S. The van der Waals surface area contributed by atoms with E-state index in [0.29, 0.717) is 6.54 Å². The highest BCUT2D eigenvalue weighted by Crippen LogP contribution is 2.16. The summed E-state index contributed by atoms with van der Waals surface area (Å²) in [5.41, 5.74) is 5.85. The van der Waals surface area contributed by atoms with Crippen LogP contribution in [0.4, 0.5) is 5.69 Å². The van der Waals surface area contributed by atoms with Crippen LogP contribution in [-0.2, 0) is 16.6 Å². The molecule has 0 fully saturated rings. The quantitative estimate of drug-likeness (QED) is 0.733. The molecule has 0 amide bonds. The van der Waals surface area contributed by atoms with E-state index in [2.05, 4.69) is 15.0 Å². The lowest BCUT2D eigenvalue weighted by atomic mass is 10.3. The van der Waals surface area contributed by atoms with Gasteiger partial charge in [-0.1, -0.05) is 17.3 Å². The lowest BCUT2D eigenvalue weighted by Gasteiger charge is -2.08. The van der Waals surface area contributed by atoms with E-state index in [1.165, 1.54) is 16.9 Å². The van der Waals surface area contributed by atoms with E-state index in [0.717, 1.165) is 0 Å². The van der Waals surface area contributed by atoms with Gasteiger partial charge in [0.25, 0.3) is 0 Å². The van der Waals surface area contributed by atoms with Gasteiger partial charge in [-0.3, -0.25) is 4.68 Å². The molecule has 0 unspecified atom stereocenters. The fourth-order valence-electron chi connectivity index (χ4n) is 1.45. The van der Waals surface area contributed by atoms with Crippen molar-refractivity contribution in [1.82, 2.24) is 19.7 Å². The summed E-state index contributed by atoms with van der Waals surface area (Å²) in [6.45, 7) is 0.631. The molecule has 18 heavy (non-hydrogen) atoms. The highest BCUT2D eigenvalue weighted by atomic mass is 32.2. The van der Waals surface area contributed by atoms with Gasteiger partial charge in [0.2, 0.25) is 10.0 Å². The average molecular weight is 267 g/mol. The molecule has 1 heterocycles. The van der Waals surface area contributed by atoms with Crippen molar-refractivity contribution in [2.24, 2.45) is 0 Å². The lowest BCUT2D eigenvalue weighted by Crippen LogP contribution is -2.28. The van der Waals surface area contributed by atoms with E-state index in [4.69, 9.17) is 5.73 Å². The molecule has 0 saturated carbocycles. The number of nitrogens with one attached hydrogen (secondary N) is 1. The standard InChI is InChI=1S/C10H13N5O2S/c11-9-3-1-2-4-10(9)18(16,17)13-6-8-15-7-5-12-14-15/h1-5,7,13H,6,8,11H2. The second kappa shape index (κ2) is 5.15. The van der Waals surface area contributed by atoms with Gasteiger partial charge in [-0.25, -0.2) is 13.1 Å². The smallest absolute Gasteiger partial charge is 0.242 e. The first-order valence-electron chi connectivity index (χ1n) is 5.28. The number of nitrogens with two attached hydrogens (primary N) is 1. The molecule has 0 aliphatic carbocycles. The predicted octanol–water partition coefficient (Wildman–Crippen LogP) is -0.161. The Morgan fingerprint density at radius 3 is 2.78 bits per heavy atom. The Balaban J connectivity index is 2.02. The number of nitrogens with zero attached hydrogens (tertiary/aromatic N) is 3. The van der Waals surface area contributed by atoms with Gasteiger partial charge in [0.1, 0.15) is 4.90 Å². The lowest BCUT2D eigenvalue weighted by molar-refractivity contribution is 0.553. The summed E-state index contributed by atoms with van der Waals surface area (Å²) in [4.78, 5) is 0.0867. The van der Waals surface area contributed by atoms with Crippen LogP contribution in [0, 0.1) is 0 Å². The maximum atomic E-state index is 11.9. The molecular weight excluding hydrogens is 254 g/mol. The maximum absolute atomic E-state index is 11.9. The SMILES string of the molecule is Nc1ccccc1S(=O)(=O)NCCn1ccnn1. The monoisotopic (exact) mass is 267 g/mol. The molecule has 2 rings (SSSR count). The van der Waals surface area contributed by atoms with Gasteiger partial charge in [0.15, 0.2) is 0 Å². The molecule has 0 saturated heterocycles. The third-order valence-electron chi connectivity index (χ3n) is 2.31. The fourth-order valence-corrected chi connectivity index (χ4v) is 2.60. The molecule has 3 N–H and O–H groups in total. The number of anilines is 1. The van der Waals surface area contributed by atoms with E-state index >= 15 is 0 Å². The average Bonchev–Trinajstić information content (AvgIpc) is 2.82. The second-order valence-electron chi connectivity index (χ2n) is 3.60. The van der Waals surface area contributed by atoms with Crippen molar-refractivity contribution in [3.8, 4) is 0 Å². The van der Waals surface area contributed by atoms with Crippen LogP contribution in [0.5, 0.6) is 0 Å². The summed E-state index contributed by atoms with van der Waals surface area (Å²) in [5.74, 6) is 0. The Morgan fingerprint density at radius 2 is 2.11 bits per heavy atom. The van der Waals surface area contributed by atoms with Crippen LogP contribution in [0.2, 0.25) is 0 Å². The van der Waals surface area contributed by atoms with Crippen molar-refractivity contribution in [3.63, 3.8) is 0 Å². The number of nitrogen functional groups attached to an aromatic ring is 1. The molecule has 0 aliphatic rings. The first-order valence-corrected chi connectivity index (χ1v) is 6.76. The van der Waals surface area contributed by atoms with Crippen molar-refractivity contribution < 1.29 is 8.42 Å². The maximum Gasteiger partial charge on any atom is 0.242 e. The number of aromatic nitrogens is 3. The minimum Gasteiger partial charge on any atom is -0.398 e. The highest BCUT2D eigenvalue weighted by Gasteiger charge is 2.15. The molecule has 0 aliphatic heterocycles. The van der Waals surface area contributed by atoms with Gasteiger partial charge in [-0.15, -0.1) is 5.10 Å². The summed E-state index contributed by atoms with van der Waals surface area (Å²) in [6, 6.07) is 6.32. The predicted molar refractivity (Wildman–Crippen MR) is 66.1 cm³/mol. The Morgan fingerprint density at radius 1 is 1.33 bits per heavy atom. The van der Waals surface area contributed by atoms with E-state index < -0.39 is 10.0 Å². The third-order valence-corrected chi connectivity index (χ3v) is 3.85. The topological polar surface area (TPSA) is 103 Å². The second-order valence-corrected chi connectivity index (χ2v) is 5.34. The molecule has 1 aromatic carbocycles. The van der Waals surface area contributed by atoms with Crippen LogP contribution in [-0.4, -0.2) is 30.0 Å². The number of hydrogen-bond donors (Lipinski definition) is 2. The summed E-state index contributed by atoms with van der Waals surface area (Å²) in [5, 5.41) is 7.36. The molecule has 2 aromatic rings. The molecule has 0 spiro atoms. The molecule has 0 bridgehead atoms. The number of sulfonamides is 1. The third kappa shape index (κ3) is 2.84. The van der Waals surface area contributed by atoms with Crippen LogP contribution >= 0.6 is 0 Å². The fraction of sp³-hybridized carbons (Fsp3) is 0.200. The highest BCUT2D eigenvalue weighted by molar-refractivity contribution is 7.89. The number of benzene rings is 1. The van der Waals surface area contributed by atoms with E-state index in [1.54, 1.807) is 24.4 Å². The zero-order valence-electron chi connectivity index (χ0n) is 9.52. The Hall–Kier alpha value is -1.93. The molecule has 0 radical (unpaired) electrons. The van der Waals surface area contributed by atoms with Gasteiger partial charge in [0, 0.05) is 12.7 Å². The van der Waals surface area contributed by atoms with Crippen LogP contribution < -0.4 is 10.5 Å². The van der Waals surface area contributed by atoms with Gasteiger partial charge < -0.3 is 5.73 Å². The van der Waals surface area contributed by atoms with Crippen molar-refractivity contribution in [2.75, 3.05) is 12.3 Å². The summed E-state index contributed by atoms with van der Waals surface area (Å²) >= 11 is 0. The summed E-state index contributed by atoms with van der Waals surface area (Å²) in [7, 11) is -3.58. The largest absolute Gasteiger partial charge is 0.398 e. The summed E-state index contributed by atoms with van der Waals surface area (Å²) in [6.07, 6.45) is 3.19. The molecule has 1 aromatic heterocycles. The molecule has 0 atom stereocenters. The molecule has 7 nitrogen and oxygen atoms in total. The number of para-hydroxylation sites is 1. The van der Waals surface area contributed by atoms with Crippen LogP contribution in [0.1, 0.15) is 0 Å². The minimum absolute atomic E-state index is 0.0867. The van der Waals surface area contributed by atoms with E-state index in [1.807, 2.05) is 0 Å². The van der Waals surface area contributed by atoms with Crippen LogP contribution in [0.3, 0.4) is 0 Å². The van der Waals surface area contributed by atoms with Gasteiger partial charge in [-0.2, -0.15) is 0 Å². The first-order chi connectivity index (χ1) is 8.59. The van der Waals surface area contributed by atoms with Gasteiger partial charge in [0.05, 0.1) is 18.4 Å². The van der Waals surface area contributed by atoms with Crippen LogP contribution in [0.25, 0.3) is 0 Å². The zero-order chi connectivity index (χ0) is 13.0. The van der Waals surface area contributed by atoms with Crippen LogP contribution in [0.15, 0.2) is 41.6 Å². The molecule has 96 valence electrons. The number of rotatable bonds is 5. The van der Waals surface area contributed by atoms with Gasteiger partial charge >= 0.3 is 0 Å². The number of hydrogen-bond acceptors (Lipinski definition) is 5. The van der Waals surface area contributed by atoms with Crippen molar-refractivity contribution in [2.45, 2.75) is 11.4 Å². The van der Waals surface area contributed by atoms with Crippen molar-refractivity contribution in [3.05, 3.63) is 36.7 Å². The Kier molecular flexibility index (Phi) is 3.58. The first kappa shape index (κ1) is 12.5. The Bertz CT molecular complexity index is 609. The summed E-state index contributed by atoms with van der Waals surface area (Å²) < 4.78 is 27.9. The normalized spacial score (nSPS) is 11.6. The van der Waals surface area contributed by atoms with E-state index in [9.17, 15) is 8.42 Å². The van der Waals surface area contributed by atoms with Crippen molar-refractivity contribution in [1.29, 1.82) is 0 Å². The Labute approximate surface area is 105 Å². The zero-order valence-corrected chi connectivity index (χ0v) is 10.3. The van der Waals surface area contributed by atoms with Crippen molar-refractivity contribution >= 4 is 15.7 Å². The van der Waals surface area contributed by atoms with Gasteiger partial charge in [-0.05, 0) is 12.1 Å². The van der Waals surface area contributed by atoms with E-state index in [-0.39, 0.29) is 17.1 Å². The molecule has 8 heteroatoms. The minimum atomic E-state index is -3.58.